The van der Waals surface area contributed by atoms with Crippen LogP contribution in [0.5, 0.6) is 0 Å². The number of hydrogen-bond donors (Lipinski definition) is 0. The van der Waals surface area contributed by atoms with Crippen molar-refractivity contribution < 1.29 is 16.6 Å². The molecule has 1 heteroatoms. The molecule has 0 saturated carbocycles. The maximum atomic E-state index is 2.43. The van der Waals surface area contributed by atoms with E-state index in [4.69, 9.17) is 0 Å². The molecule has 0 atom stereocenters. The summed E-state index contributed by atoms with van der Waals surface area (Å²) in [5.74, 6) is 2.25. The van der Waals surface area contributed by atoms with Gasteiger partial charge in [-0.1, -0.05) is 0 Å². The van der Waals surface area contributed by atoms with Crippen molar-refractivity contribution in [1.82, 2.24) is 0 Å². The Balaban J connectivity index is 1.78. The van der Waals surface area contributed by atoms with Gasteiger partial charge in [-0.25, -0.2) is 0 Å². The van der Waals surface area contributed by atoms with Crippen LogP contribution in [-0.2, 0) is 35.5 Å². The Bertz CT molecular complexity index is 1120. The molecular weight excluding hydrogens is 528 g/mol. The third kappa shape index (κ3) is 8.79. The van der Waals surface area contributed by atoms with Gasteiger partial charge in [0, 0.05) is 0 Å². The van der Waals surface area contributed by atoms with Crippen molar-refractivity contribution in [3.63, 3.8) is 0 Å². The third-order valence-corrected chi connectivity index (χ3v) is 16.1. The molecule has 41 heavy (non-hydrogen) atoms. The van der Waals surface area contributed by atoms with E-state index in [9.17, 15) is 0 Å². The molecule has 0 saturated heterocycles. The zero-order valence-electron chi connectivity index (χ0n) is 26.9. The molecule has 0 heterocycles. The van der Waals surface area contributed by atoms with Gasteiger partial charge in [0.2, 0.25) is 0 Å². The van der Waals surface area contributed by atoms with Gasteiger partial charge in [0.15, 0.2) is 0 Å². The fourth-order valence-corrected chi connectivity index (χ4v) is 14.2. The molecule has 0 aromatic heterocycles. The Kier molecular flexibility index (Phi) is 10.9. The molecular formula is C40H52Ti. The van der Waals surface area contributed by atoms with Crippen molar-refractivity contribution in [3.05, 3.63) is 142 Å². The summed E-state index contributed by atoms with van der Waals surface area (Å²) in [6, 6.07) is 38.4. The van der Waals surface area contributed by atoms with Crippen LogP contribution in [0.2, 0.25) is 0 Å². The minimum atomic E-state index is -2.63. The molecule has 4 rings (SSSR count). The fourth-order valence-electron chi connectivity index (χ4n) is 6.19. The van der Waals surface area contributed by atoms with Crippen molar-refractivity contribution in [2.75, 3.05) is 0 Å². The molecule has 0 N–H and O–H groups in total. The van der Waals surface area contributed by atoms with Gasteiger partial charge in [0.25, 0.3) is 0 Å². The Morgan fingerprint density at radius 2 is 0.488 bits per heavy atom. The molecule has 4 aromatic carbocycles. The second-order valence-corrected chi connectivity index (χ2v) is 20.7. The molecule has 0 spiro atoms. The van der Waals surface area contributed by atoms with Crippen molar-refractivity contribution in [3.8, 4) is 0 Å². The van der Waals surface area contributed by atoms with Crippen LogP contribution in [0.25, 0.3) is 0 Å². The summed E-state index contributed by atoms with van der Waals surface area (Å²) >= 11 is -2.63. The van der Waals surface area contributed by atoms with Gasteiger partial charge in [-0.05, 0) is 0 Å². The second kappa shape index (κ2) is 14.2. The van der Waals surface area contributed by atoms with Crippen LogP contribution >= 0.6 is 0 Å². The van der Waals surface area contributed by atoms with Gasteiger partial charge < -0.3 is 0 Å². The Morgan fingerprint density at radius 1 is 0.317 bits per heavy atom. The van der Waals surface area contributed by atoms with Crippen LogP contribution in [0, 0.1) is 0 Å². The first kappa shape index (κ1) is 31.5. The summed E-state index contributed by atoms with van der Waals surface area (Å²) in [4.78, 5) is 0. The van der Waals surface area contributed by atoms with Crippen molar-refractivity contribution >= 4 is 0 Å². The summed E-state index contributed by atoms with van der Waals surface area (Å²) in [7, 11) is 0. The van der Waals surface area contributed by atoms with E-state index in [1.54, 1.807) is 0 Å². The molecule has 0 aliphatic carbocycles. The van der Waals surface area contributed by atoms with Crippen LogP contribution in [0.3, 0.4) is 0 Å². The SMILES string of the molecule is CC(C)c1ccc([CH2][Ti]([CH2]c2ccc(C(C)C)cc2)([CH2]c2ccc(C(C)C)cc2)[CH2]c2ccc(C(C)C)cc2)cc1. The Hall–Kier alpha value is -2.41. The van der Waals surface area contributed by atoms with E-state index in [0.29, 0.717) is 23.7 Å². The first-order valence-electron chi connectivity index (χ1n) is 15.9. The van der Waals surface area contributed by atoms with E-state index in [-0.39, 0.29) is 0 Å². The van der Waals surface area contributed by atoms with Gasteiger partial charge in [-0.3, -0.25) is 0 Å². The first-order chi connectivity index (χ1) is 19.5. The summed E-state index contributed by atoms with van der Waals surface area (Å²) in [6.45, 7) is 18.3. The van der Waals surface area contributed by atoms with E-state index in [1.807, 2.05) is 0 Å². The zero-order valence-corrected chi connectivity index (χ0v) is 28.4. The van der Waals surface area contributed by atoms with Crippen LogP contribution in [0.15, 0.2) is 97.1 Å². The van der Waals surface area contributed by atoms with Gasteiger partial charge in [0.05, 0.1) is 0 Å². The predicted molar refractivity (Wildman–Crippen MR) is 177 cm³/mol. The van der Waals surface area contributed by atoms with Crippen LogP contribution in [-0.4, -0.2) is 0 Å². The average molecular weight is 581 g/mol. The van der Waals surface area contributed by atoms with Gasteiger partial charge >= 0.3 is 256 Å². The standard InChI is InChI=1S/4C10H13.Ti/c4*1-8(2)10-6-4-9(3)5-7-10;/h4*4-8H,3H2,1-2H3;. The molecule has 0 nitrogen and oxygen atoms in total. The van der Waals surface area contributed by atoms with Crippen LogP contribution < -0.4 is 0 Å². The van der Waals surface area contributed by atoms with E-state index in [0.717, 1.165) is 0 Å². The minimum absolute atomic E-state index is 0.564. The van der Waals surface area contributed by atoms with Crippen molar-refractivity contribution in [2.45, 2.75) is 98.0 Å². The molecule has 0 amide bonds. The summed E-state index contributed by atoms with van der Waals surface area (Å²) in [5.41, 5.74) is 11.8. The predicted octanol–water partition coefficient (Wildman–Crippen LogP) is 11.4. The maximum absolute atomic E-state index is 2.63. The van der Waals surface area contributed by atoms with Gasteiger partial charge in [-0.15, -0.1) is 0 Å². The van der Waals surface area contributed by atoms with Crippen LogP contribution in [0.4, 0.5) is 0 Å². The quantitative estimate of drug-likeness (QED) is 0.146. The van der Waals surface area contributed by atoms with Gasteiger partial charge in [-0.2, -0.15) is 0 Å². The molecule has 4 aromatic rings. The van der Waals surface area contributed by atoms with Crippen molar-refractivity contribution in [1.29, 1.82) is 0 Å². The van der Waals surface area contributed by atoms with E-state index in [2.05, 4.69) is 152 Å². The number of rotatable bonds is 12. The molecule has 0 fully saturated rings. The first-order valence-corrected chi connectivity index (χ1v) is 20.3. The van der Waals surface area contributed by atoms with Gasteiger partial charge in [0.1, 0.15) is 0 Å². The van der Waals surface area contributed by atoms with Crippen LogP contribution in [0.1, 0.15) is 124 Å². The van der Waals surface area contributed by atoms with Crippen molar-refractivity contribution in [2.24, 2.45) is 0 Å². The molecule has 0 aliphatic heterocycles. The second-order valence-electron chi connectivity index (χ2n) is 13.8. The number of benzene rings is 4. The normalized spacial score (nSPS) is 12.2. The molecule has 0 bridgehead atoms. The number of hydrogen-bond acceptors (Lipinski definition) is 0. The van der Waals surface area contributed by atoms with E-state index in [1.165, 1.54) is 63.4 Å². The third-order valence-electron chi connectivity index (χ3n) is 8.90. The summed E-state index contributed by atoms with van der Waals surface area (Å²) in [5, 5.41) is 0. The summed E-state index contributed by atoms with van der Waals surface area (Å²) < 4.78 is 4.95. The Morgan fingerprint density at radius 3 is 0.634 bits per heavy atom. The fraction of sp³-hybridized carbons (Fsp3) is 0.400. The summed E-state index contributed by atoms with van der Waals surface area (Å²) in [6.07, 6.45) is 0. The molecule has 216 valence electrons. The van der Waals surface area contributed by atoms with E-state index < -0.39 is 16.6 Å². The molecule has 0 radical (unpaired) electrons. The zero-order chi connectivity index (χ0) is 29.6. The van der Waals surface area contributed by atoms with E-state index >= 15 is 0 Å². The average Bonchev–Trinajstić information content (AvgIpc) is 2.94. The topological polar surface area (TPSA) is 0 Å². The molecule has 0 unspecified atom stereocenters. The molecule has 0 aliphatic rings. The monoisotopic (exact) mass is 580 g/mol. The Labute approximate surface area is 255 Å².